The third kappa shape index (κ3) is 2.31. The molecule has 1 aromatic carbocycles. The average Bonchev–Trinajstić information content (AvgIpc) is 2.49. The van der Waals surface area contributed by atoms with Crippen LogP contribution in [0.25, 0.3) is 11.4 Å². The predicted octanol–water partition coefficient (Wildman–Crippen LogP) is 2.82. The second-order valence-corrected chi connectivity index (χ2v) is 5.20. The van der Waals surface area contributed by atoms with Crippen LogP contribution in [0.1, 0.15) is 12.6 Å². The number of nitrogen functional groups attached to an aromatic ring is 1. The molecule has 0 bridgehead atoms. The summed E-state index contributed by atoms with van der Waals surface area (Å²) in [6, 6.07) is 5.67. The Bertz CT molecular complexity index is 661. The molecule has 0 aliphatic carbocycles. The number of hydrogen-bond donors (Lipinski definition) is 1. The first-order valence-corrected chi connectivity index (χ1v) is 7.20. The van der Waals surface area contributed by atoms with Crippen LogP contribution in [0.5, 0.6) is 11.5 Å². The molecule has 2 aromatic rings. The standard InChI is InChI=1S/C14H14BrN3O2/c1-2-9-12(15)13(16)18-14(17-9)8-3-4-10-11(7-8)20-6-5-19-10/h3-4,7H,2,5-6H2,1H3,(H2,16,17,18). The van der Waals surface area contributed by atoms with Crippen molar-refractivity contribution in [1.29, 1.82) is 0 Å². The summed E-state index contributed by atoms with van der Waals surface area (Å²) in [6.45, 7) is 3.16. The molecule has 2 N–H and O–H groups in total. The number of aryl methyl sites for hydroxylation is 1. The van der Waals surface area contributed by atoms with Crippen molar-refractivity contribution in [2.24, 2.45) is 0 Å². The molecule has 5 nitrogen and oxygen atoms in total. The maximum absolute atomic E-state index is 5.92. The SMILES string of the molecule is CCc1nc(-c2ccc3c(c2)OCCO3)nc(N)c1Br. The van der Waals surface area contributed by atoms with Gasteiger partial charge in [0.2, 0.25) is 0 Å². The lowest BCUT2D eigenvalue weighted by Crippen LogP contribution is -2.15. The zero-order chi connectivity index (χ0) is 14.1. The first kappa shape index (κ1) is 13.2. The van der Waals surface area contributed by atoms with E-state index in [1.165, 1.54) is 0 Å². The fraction of sp³-hybridized carbons (Fsp3) is 0.286. The molecule has 2 heterocycles. The maximum Gasteiger partial charge on any atom is 0.162 e. The third-order valence-electron chi connectivity index (χ3n) is 3.08. The Hall–Kier alpha value is -1.82. The molecule has 0 spiro atoms. The van der Waals surface area contributed by atoms with Crippen molar-refractivity contribution in [2.75, 3.05) is 18.9 Å². The van der Waals surface area contributed by atoms with Crippen molar-refractivity contribution in [1.82, 2.24) is 9.97 Å². The monoisotopic (exact) mass is 335 g/mol. The van der Waals surface area contributed by atoms with Crippen LogP contribution in [0.15, 0.2) is 22.7 Å². The Labute approximate surface area is 125 Å². The van der Waals surface area contributed by atoms with Gasteiger partial charge in [0, 0.05) is 5.56 Å². The minimum absolute atomic E-state index is 0.446. The second kappa shape index (κ2) is 5.28. The maximum atomic E-state index is 5.92. The largest absolute Gasteiger partial charge is 0.486 e. The highest BCUT2D eigenvalue weighted by Crippen LogP contribution is 2.34. The molecule has 0 unspecified atom stereocenters. The van der Waals surface area contributed by atoms with E-state index in [4.69, 9.17) is 15.2 Å². The Morgan fingerprint density at radius 3 is 2.70 bits per heavy atom. The molecule has 1 aromatic heterocycles. The highest BCUT2D eigenvalue weighted by molar-refractivity contribution is 9.10. The van der Waals surface area contributed by atoms with Crippen molar-refractivity contribution in [2.45, 2.75) is 13.3 Å². The van der Waals surface area contributed by atoms with Gasteiger partial charge in [-0.3, -0.25) is 0 Å². The van der Waals surface area contributed by atoms with Crippen LogP contribution in [0.2, 0.25) is 0 Å². The summed E-state index contributed by atoms with van der Waals surface area (Å²) < 4.78 is 11.8. The van der Waals surface area contributed by atoms with Crippen molar-refractivity contribution in [3.05, 3.63) is 28.4 Å². The van der Waals surface area contributed by atoms with Crippen molar-refractivity contribution in [3.63, 3.8) is 0 Å². The minimum Gasteiger partial charge on any atom is -0.486 e. The summed E-state index contributed by atoms with van der Waals surface area (Å²) in [4.78, 5) is 8.86. The molecule has 0 atom stereocenters. The van der Waals surface area contributed by atoms with Gasteiger partial charge in [0.05, 0.1) is 10.2 Å². The lowest BCUT2D eigenvalue weighted by atomic mass is 10.1. The highest BCUT2D eigenvalue weighted by Gasteiger charge is 2.15. The van der Waals surface area contributed by atoms with Crippen LogP contribution in [-0.2, 0) is 6.42 Å². The summed E-state index contributed by atoms with van der Waals surface area (Å²) in [6.07, 6.45) is 0.783. The van der Waals surface area contributed by atoms with Gasteiger partial charge in [-0.15, -0.1) is 0 Å². The van der Waals surface area contributed by atoms with Gasteiger partial charge >= 0.3 is 0 Å². The van der Waals surface area contributed by atoms with Gasteiger partial charge in [0.1, 0.15) is 19.0 Å². The molecule has 0 radical (unpaired) electrons. The number of hydrogen-bond acceptors (Lipinski definition) is 5. The molecule has 1 aliphatic heterocycles. The second-order valence-electron chi connectivity index (χ2n) is 4.41. The van der Waals surface area contributed by atoms with Gasteiger partial charge in [-0.25, -0.2) is 9.97 Å². The Morgan fingerprint density at radius 2 is 1.95 bits per heavy atom. The van der Waals surface area contributed by atoms with Crippen LogP contribution < -0.4 is 15.2 Å². The number of nitrogens with zero attached hydrogens (tertiary/aromatic N) is 2. The van der Waals surface area contributed by atoms with Crippen molar-refractivity contribution >= 4 is 21.7 Å². The molecule has 0 saturated carbocycles. The molecule has 6 heteroatoms. The molecule has 0 saturated heterocycles. The normalized spacial score (nSPS) is 13.3. The quantitative estimate of drug-likeness (QED) is 0.913. The smallest absolute Gasteiger partial charge is 0.162 e. The third-order valence-corrected chi connectivity index (χ3v) is 3.94. The minimum atomic E-state index is 0.446. The van der Waals surface area contributed by atoms with Crippen LogP contribution in [0, 0.1) is 0 Å². The van der Waals surface area contributed by atoms with E-state index >= 15 is 0 Å². The van der Waals surface area contributed by atoms with Crippen molar-refractivity contribution < 1.29 is 9.47 Å². The van der Waals surface area contributed by atoms with E-state index in [9.17, 15) is 0 Å². The number of rotatable bonds is 2. The molecule has 104 valence electrons. The fourth-order valence-corrected chi connectivity index (χ4v) is 2.52. The molecular formula is C14H14BrN3O2. The summed E-state index contributed by atoms with van der Waals surface area (Å²) in [5.74, 6) is 2.51. The van der Waals surface area contributed by atoms with Gasteiger partial charge in [0.25, 0.3) is 0 Å². The highest BCUT2D eigenvalue weighted by atomic mass is 79.9. The van der Waals surface area contributed by atoms with Gasteiger partial charge in [0.15, 0.2) is 17.3 Å². The summed E-state index contributed by atoms with van der Waals surface area (Å²) in [5, 5.41) is 0. The molecule has 3 rings (SSSR count). The number of fused-ring (bicyclic) bond motifs is 1. The molecule has 1 aliphatic rings. The topological polar surface area (TPSA) is 70.3 Å². The molecule has 20 heavy (non-hydrogen) atoms. The number of aromatic nitrogens is 2. The lowest BCUT2D eigenvalue weighted by molar-refractivity contribution is 0.171. The van der Waals surface area contributed by atoms with Crippen LogP contribution >= 0.6 is 15.9 Å². The van der Waals surface area contributed by atoms with E-state index in [1.807, 2.05) is 25.1 Å². The Kier molecular flexibility index (Phi) is 3.48. The molecule has 0 fully saturated rings. The number of anilines is 1. The Balaban J connectivity index is 2.07. The van der Waals surface area contributed by atoms with E-state index in [0.717, 1.165) is 33.6 Å². The first-order chi connectivity index (χ1) is 9.69. The van der Waals surface area contributed by atoms with Gasteiger partial charge < -0.3 is 15.2 Å². The number of benzene rings is 1. The van der Waals surface area contributed by atoms with Gasteiger partial charge in [-0.05, 0) is 40.5 Å². The summed E-state index contributed by atoms with van der Waals surface area (Å²) in [5.41, 5.74) is 7.67. The van der Waals surface area contributed by atoms with E-state index in [-0.39, 0.29) is 0 Å². The molecule has 0 amide bonds. The number of ether oxygens (including phenoxy) is 2. The predicted molar refractivity (Wildman–Crippen MR) is 79.9 cm³/mol. The summed E-state index contributed by atoms with van der Waals surface area (Å²) >= 11 is 3.41. The zero-order valence-corrected chi connectivity index (χ0v) is 12.6. The summed E-state index contributed by atoms with van der Waals surface area (Å²) in [7, 11) is 0. The number of halogens is 1. The van der Waals surface area contributed by atoms with E-state index in [1.54, 1.807) is 0 Å². The first-order valence-electron chi connectivity index (χ1n) is 6.41. The van der Waals surface area contributed by atoms with Crippen LogP contribution in [0.3, 0.4) is 0 Å². The van der Waals surface area contributed by atoms with Gasteiger partial charge in [-0.1, -0.05) is 6.92 Å². The van der Waals surface area contributed by atoms with Crippen LogP contribution in [-0.4, -0.2) is 23.2 Å². The van der Waals surface area contributed by atoms with Crippen molar-refractivity contribution in [3.8, 4) is 22.9 Å². The van der Waals surface area contributed by atoms with Crippen LogP contribution in [0.4, 0.5) is 5.82 Å². The zero-order valence-electron chi connectivity index (χ0n) is 11.0. The number of nitrogens with two attached hydrogens (primary N) is 1. The lowest BCUT2D eigenvalue weighted by Gasteiger charge is -2.18. The fourth-order valence-electron chi connectivity index (χ4n) is 2.06. The molecular weight excluding hydrogens is 322 g/mol. The average molecular weight is 336 g/mol. The van der Waals surface area contributed by atoms with E-state index < -0.39 is 0 Å². The van der Waals surface area contributed by atoms with E-state index in [2.05, 4.69) is 25.9 Å². The van der Waals surface area contributed by atoms with Gasteiger partial charge in [-0.2, -0.15) is 0 Å². The Morgan fingerprint density at radius 1 is 1.20 bits per heavy atom. The van der Waals surface area contributed by atoms with E-state index in [0.29, 0.717) is 24.9 Å².